The van der Waals surface area contributed by atoms with Crippen LogP contribution in [-0.4, -0.2) is 12.1 Å². The Morgan fingerprint density at radius 1 is 1.60 bits per heavy atom. The van der Waals surface area contributed by atoms with Crippen LogP contribution in [0.5, 0.6) is 0 Å². The van der Waals surface area contributed by atoms with E-state index in [1.807, 2.05) is 0 Å². The topological polar surface area (TPSA) is 34.1 Å². The molecule has 1 aliphatic rings. The minimum absolute atomic E-state index is 0.0723. The van der Waals surface area contributed by atoms with E-state index in [4.69, 9.17) is 0 Å². The van der Waals surface area contributed by atoms with Gasteiger partial charge in [0.2, 0.25) is 0 Å². The van der Waals surface area contributed by atoms with Gasteiger partial charge in [-0.1, -0.05) is 6.08 Å². The van der Waals surface area contributed by atoms with Crippen LogP contribution in [0.2, 0.25) is 0 Å². The highest BCUT2D eigenvalue weighted by molar-refractivity contribution is 5.97. The molecule has 0 saturated carbocycles. The Labute approximate surface area is 59.2 Å². The van der Waals surface area contributed by atoms with E-state index in [9.17, 15) is 9.59 Å². The highest BCUT2D eigenvalue weighted by Gasteiger charge is 2.07. The molecule has 0 bridgehead atoms. The van der Waals surface area contributed by atoms with Crippen molar-refractivity contribution in [2.45, 2.75) is 13.3 Å². The highest BCUT2D eigenvalue weighted by atomic mass is 16.1. The van der Waals surface area contributed by atoms with Gasteiger partial charge in [0.15, 0.2) is 5.78 Å². The second kappa shape index (κ2) is 2.60. The summed E-state index contributed by atoms with van der Waals surface area (Å²) in [5.74, 6) is 0.0723. The molecule has 0 heterocycles. The summed E-state index contributed by atoms with van der Waals surface area (Å²) in [6.45, 7) is 1.76. The van der Waals surface area contributed by atoms with Crippen LogP contribution in [0.4, 0.5) is 0 Å². The van der Waals surface area contributed by atoms with Gasteiger partial charge in [-0.05, 0) is 18.6 Å². The largest absolute Gasteiger partial charge is 0.298 e. The second-order valence-corrected chi connectivity index (χ2v) is 2.28. The van der Waals surface area contributed by atoms with Gasteiger partial charge in [0, 0.05) is 12.0 Å². The summed E-state index contributed by atoms with van der Waals surface area (Å²) in [7, 11) is 0. The summed E-state index contributed by atoms with van der Waals surface area (Å²) in [4.78, 5) is 21.0. The number of hydrogen-bond acceptors (Lipinski definition) is 2. The monoisotopic (exact) mass is 136 g/mol. The fourth-order valence-corrected chi connectivity index (χ4v) is 0.896. The molecule has 1 rings (SSSR count). The third kappa shape index (κ3) is 1.21. The number of allylic oxidation sites excluding steroid dienone is 4. The van der Waals surface area contributed by atoms with Crippen molar-refractivity contribution in [3.63, 3.8) is 0 Å². The zero-order chi connectivity index (χ0) is 7.56. The van der Waals surface area contributed by atoms with Crippen molar-refractivity contribution >= 4 is 12.1 Å². The van der Waals surface area contributed by atoms with E-state index in [0.29, 0.717) is 12.0 Å². The number of aldehydes is 1. The number of carbonyl (C=O) groups is 2. The first-order valence-corrected chi connectivity index (χ1v) is 3.11. The molecule has 0 fully saturated rings. The van der Waals surface area contributed by atoms with Crippen LogP contribution >= 0.6 is 0 Å². The third-order valence-corrected chi connectivity index (χ3v) is 1.48. The average Bonchev–Trinajstić information content (AvgIpc) is 1.88. The van der Waals surface area contributed by atoms with Gasteiger partial charge in [-0.25, -0.2) is 0 Å². The quantitative estimate of drug-likeness (QED) is 0.504. The third-order valence-electron chi connectivity index (χ3n) is 1.48. The molecular weight excluding hydrogens is 128 g/mol. The molecule has 0 unspecified atom stereocenters. The summed E-state index contributed by atoms with van der Waals surface area (Å²) in [5, 5.41) is 0. The first-order valence-electron chi connectivity index (χ1n) is 3.11. The van der Waals surface area contributed by atoms with E-state index in [1.54, 1.807) is 13.0 Å². The van der Waals surface area contributed by atoms with Crippen molar-refractivity contribution < 1.29 is 9.59 Å². The zero-order valence-electron chi connectivity index (χ0n) is 5.76. The summed E-state index contributed by atoms with van der Waals surface area (Å²) in [6, 6.07) is 0. The Balaban J connectivity index is 2.91. The van der Waals surface area contributed by atoms with Crippen molar-refractivity contribution in [1.29, 1.82) is 0 Å². The minimum Gasteiger partial charge on any atom is -0.298 e. The standard InChI is InChI=1S/C8H8O2/c1-6-4-8(10)3-2-7(6)5-9/h2,4-5H,3H2,1H3. The van der Waals surface area contributed by atoms with Gasteiger partial charge in [-0.3, -0.25) is 9.59 Å². The van der Waals surface area contributed by atoms with E-state index in [0.717, 1.165) is 11.9 Å². The lowest BCUT2D eigenvalue weighted by Gasteiger charge is -2.03. The van der Waals surface area contributed by atoms with E-state index in [-0.39, 0.29) is 5.78 Å². The summed E-state index contributed by atoms with van der Waals surface area (Å²) >= 11 is 0. The first-order chi connectivity index (χ1) is 4.74. The predicted octanol–water partition coefficient (Wildman–Crippen LogP) is 1.03. The molecule has 1 aliphatic carbocycles. The van der Waals surface area contributed by atoms with Crippen LogP contribution in [-0.2, 0) is 9.59 Å². The fourth-order valence-electron chi connectivity index (χ4n) is 0.896. The van der Waals surface area contributed by atoms with Crippen LogP contribution in [0.1, 0.15) is 13.3 Å². The van der Waals surface area contributed by atoms with Gasteiger partial charge in [-0.15, -0.1) is 0 Å². The van der Waals surface area contributed by atoms with E-state index < -0.39 is 0 Å². The summed E-state index contributed by atoms with van der Waals surface area (Å²) < 4.78 is 0. The second-order valence-electron chi connectivity index (χ2n) is 2.28. The molecule has 2 heteroatoms. The molecular formula is C8H8O2. The van der Waals surface area contributed by atoms with E-state index in [2.05, 4.69) is 0 Å². The molecule has 0 amide bonds. The maximum absolute atomic E-state index is 10.7. The van der Waals surface area contributed by atoms with Gasteiger partial charge >= 0.3 is 0 Å². The molecule has 0 aromatic rings. The van der Waals surface area contributed by atoms with Crippen LogP contribution in [0.3, 0.4) is 0 Å². The molecule has 0 aromatic carbocycles. The number of rotatable bonds is 1. The molecule has 0 N–H and O–H groups in total. The number of ketones is 1. The molecule has 0 aromatic heterocycles. The van der Waals surface area contributed by atoms with Crippen LogP contribution < -0.4 is 0 Å². The maximum Gasteiger partial charge on any atom is 0.159 e. The van der Waals surface area contributed by atoms with Gasteiger partial charge in [0.1, 0.15) is 6.29 Å². The van der Waals surface area contributed by atoms with Gasteiger partial charge in [0.05, 0.1) is 0 Å². The molecule has 0 saturated heterocycles. The molecule has 0 aliphatic heterocycles. The Kier molecular flexibility index (Phi) is 1.81. The Hall–Kier alpha value is -1.18. The zero-order valence-corrected chi connectivity index (χ0v) is 5.76. The lowest BCUT2D eigenvalue weighted by atomic mass is 10.00. The van der Waals surface area contributed by atoms with E-state index >= 15 is 0 Å². The van der Waals surface area contributed by atoms with Crippen molar-refractivity contribution in [3.8, 4) is 0 Å². The predicted molar refractivity (Wildman–Crippen MR) is 37.5 cm³/mol. The van der Waals surface area contributed by atoms with Crippen LogP contribution in [0.15, 0.2) is 23.3 Å². The van der Waals surface area contributed by atoms with Gasteiger partial charge in [0.25, 0.3) is 0 Å². The highest BCUT2D eigenvalue weighted by Crippen LogP contribution is 2.13. The van der Waals surface area contributed by atoms with Crippen molar-refractivity contribution in [2.24, 2.45) is 0 Å². The number of hydrogen-bond donors (Lipinski definition) is 0. The lowest BCUT2D eigenvalue weighted by Crippen LogP contribution is -2.01. The minimum atomic E-state index is 0.0723. The van der Waals surface area contributed by atoms with Crippen molar-refractivity contribution in [1.82, 2.24) is 0 Å². The van der Waals surface area contributed by atoms with Crippen LogP contribution in [0.25, 0.3) is 0 Å². The number of carbonyl (C=O) groups excluding carboxylic acids is 2. The molecule has 0 spiro atoms. The fraction of sp³-hybridized carbons (Fsp3) is 0.250. The van der Waals surface area contributed by atoms with Crippen molar-refractivity contribution in [3.05, 3.63) is 23.3 Å². The Morgan fingerprint density at radius 3 is 2.80 bits per heavy atom. The average molecular weight is 136 g/mol. The Bertz CT molecular complexity index is 234. The Morgan fingerprint density at radius 2 is 2.30 bits per heavy atom. The SMILES string of the molecule is CC1=CC(=O)CC=C1C=O. The van der Waals surface area contributed by atoms with Crippen LogP contribution in [0, 0.1) is 0 Å². The molecule has 2 nitrogen and oxygen atoms in total. The molecule has 52 valence electrons. The molecule has 0 radical (unpaired) electrons. The summed E-state index contributed by atoms with van der Waals surface area (Å²) in [6.07, 6.45) is 4.30. The smallest absolute Gasteiger partial charge is 0.159 e. The normalized spacial score (nSPS) is 17.9. The maximum atomic E-state index is 10.7. The van der Waals surface area contributed by atoms with Gasteiger partial charge < -0.3 is 0 Å². The van der Waals surface area contributed by atoms with Crippen molar-refractivity contribution in [2.75, 3.05) is 0 Å². The van der Waals surface area contributed by atoms with E-state index in [1.165, 1.54) is 6.08 Å². The lowest BCUT2D eigenvalue weighted by molar-refractivity contribution is -0.113. The van der Waals surface area contributed by atoms with Gasteiger partial charge in [-0.2, -0.15) is 0 Å². The summed E-state index contributed by atoms with van der Waals surface area (Å²) in [5.41, 5.74) is 1.41. The molecule has 10 heavy (non-hydrogen) atoms. The molecule has 0 atom stereocenters. The first kappa shape index (κ1) is 6.93.